The number of esters is 1. The predicted molar refractivity (Wildman–Crippen MR) is 79.9 cm³/mol. The molecule has 3 rings (SSSR count). The molecule has 1 atom stereocenters. The van der Waals surface area contributed by atoms with Gasteiger partial charge in [0.15, 0.2) is 5.69 Å². The number of nitrogens with two attached hydrogens (primary N) is 1. The smallest absolute Gasteiger partial charge is 0.359 e. The van der Waals surface area contributed by atoms with E-state index in [1.165, 1.54) is 10.2 Å². The first kappa shape index (κ1) is 13.7. The van der Waals surface area contributed by atoms with Gasteiger partial charge in [-0.05, 0) is 37.3 Å². The molecule has 0 radical (unpaired) electrons. The van der Waals surface area contributed by atoms with Crippen LogP contribution in [0.3, 0.4) is 0 Å². The first-order valence-electron chi connectivity index (χ1n) is 7.15. The number of rotatable bonds is 2. The molecule has 5 nitrogen and oxygen atoms in total. The molecular weight excluding hydrogens is 266 g/mol. The predicted octanol–water partition coefficient (Wildman–Crippen LogP) is 2.55. The summed E-state index contributed by atoms with van der Waals surface area (Å²) in [5.41, 5.74) is 9.66. The minimum absolute atomic E-state index is 0.197. The van der Waals surface area contributed by atoms with Crippen LogP contribution < -0.4 is 5.73 Å². The maximum atomic E-state index is 12.4. The van der Waals surface area contributed by atoms with Gasteiger partial charge in [-0.3, -0.25) is 4.68 Å². The van der Waals surface area contributed by atoms with Crippen molar-refractivity contribution in [1.82, 2.24) is 9.78 Å². The van der Waals surface area contributed by atoms with Crippen LogP contribution in [-0.4, -0.2) is 15.7 Å². The second-order valence-corrected chi connectivity index (χ2v) is 5.46. The summed E-state index contributed by atoms with van der Waals surface area (Å²) < 4.78 is 7.19. The quantitative estimate of drug-likeness (QED) is 0.861. The second-order valence-electron chi connectivity index (χ2n) is 5.46. The van der Waals surface area contributed by atoms with Crippen LogP contribution in [0.4, 0.5) is 5.69 Å². The average molecular weight is 285 g/mol. The van der Waals surface area contributed by atoms with Crippen molar-refractivity contribution in [2.75, 3.05) is 5.73 Å². The lowest BCUT2D eigenvalue weighted by molar-refractivity contribution is 0.0245. The molecule has 1 aliphatic carbocycles. The van der Waals surface area contributed by atoms with E-state index >= 15 is 0 Å². The molecule has 1 aliphatic rings. The van der Waals surface area contributed by atoms with Crippen molar-refractivity contribution < 1.29 is 9.53 Å². The van der Waals surface area contributed by atoms with Gasteiger partial charge in [-0.2, -0.15) is 5.10 Å². The molecule has 1 heterocycles. The van der Waals surface area contributed by atoms with Gasteiger partial charge in [0.05, 0.1) is 11.4 Å². The molecule has 110 valence electrons. The first-order valence-corrected chi connectivity index (χ1v) is 7.15. The Kier molecular flexibility index (Phi) is 3.41. The molecule has 1 aromatic carbocycles. The minimum atomic E-state index is -0.405. The fourth-order valence-corrected chi connectivity index (χ4v) is 2.93. The van der Waals surface area contributed by atoms with Crippen molar-refractivity contribution in [2.45, 2.75) is 32.3 Å². The van der Waals surface area contributed by atoms with E-state index in [1.807, 2.05) is 18.2 Å². The van der Waals surface area contributed by atoms with Crippen LogP contribution in [0.2, 0.25) is 0 Å². The third-order valence-corrected chi connectivity index (χ3v) is 4.03. The van der Waals surface area contributed by atoms with Gasteiger partial charge in [0.2, 0.25) is 0 Å². The standard InChI is InChI=1S/C16H19N3O2/c1-10-14(17)15(19(2)18-10)16(20)21-13-9-5-7-11-6-3-4-8-12(11)13/h3-4,6,8,13H,5,7,9,17H2,1-2H3. The third kappa shape index (κ3) is 2.39. The fourth-order valence-electron chi connectivity index (χ4n) is 2.93. The van der Waals surface area contributed by atoms with Crippen molar-refractivity contribution in [3.63, 3.8) is 0 Å². The van der Waals surface area contributed by atoms with Crippen LogP contribution in [0.5, 0.6) is 0 Å². The molecule has 5 heteroatoms. The second kappa shape index (κ2) is 5.24. The first-order chi connectivity index (χ1) is 10.1. The summed E-state index contributed by atoms with van der Waals surface area (Å²) in [6.07, 6.45) is 2.71. The van der Waals surface area contributed by atoms with E-state index in [2.05, 4.69) is 11.2 Å². The van der Waals surface area contributed by atoms with Crippen LogP contribution in [0.15, 0.2) is 24.3 Å². The molecule has 0 bridgehead atoms. The minimum Gasteiger partial charge on any atom is -0.453 e. The Hall–Kier alpha value is -2.30. The summed E-state index contributed by atoms with van der Waals surface area (Å²) in [6.45, 7) is 1.78. The number of fused-ring (bicyclic) bond motifs is 1. The van der Waals surface area contributed by atoms with E-state index in [0.29, 0.717) is 17.1 Å². The van der Waals surface area contributed by atoms with Gasteiger partial charge in [0.25, 0.3) is 0 Å². The number of benzene rings is 1. The summed E-state index contributed by atoms with van der Waals surface area (Å²) in [5.74, 6) is -0.405. The van der Waals surface area contributed by atoms with Gasteiger partial charge in [-0.15, -0.1) is 0 Å². The molecule has 0 aliphatic heterocycles. The molecule has 0 fully saturated rings. The molecule has 0 saturated carbocycles. The van der Waals surface area contributed by atoms with Gasteiger partial charge in [0, 0.05) is 7.05 Å². The third-order valence-electron chi connectivity index (χ3n) is 4.03. The molecule has 0 amide bonds. The normalized spacial score (nSPS) is 17.3. The van der Waals surface area contributed by atoms with Crippen molar-refractivity contribution in [3.05, 3.63) is 46.8 Å². The summed E-state index contributed by atoms with van der Waals surface area (Å²) in [4.78, 5) is 12.4. The van der Waals surface area contributed by atoms with E-state index in [0.717, 1.165) is 24.8 Å². The maximum Gasteiger partial charge on any atom is 0.359 e. The van der Waals surface area contributed by atoms with Crippen LogP contribution in [-0.2, 0) is 18.2 Å². The van der Waals surface area contributed by atoms with Crippen molar-refractivity contribution >= 4 is 11.7 Å². The number of carbonyl (C=O) groups is 1. The number of ether oxygens (including phenoxy) is 1. The van der Waals surface area contributed by atoms with E-state index in [1.54, 1.807) is 14.0 Å². The molecule has 2 N–H and O–H groups in total. The Labute approximate surface area is 123 Å². The number of nitrogens with zero attached hydrogens (tertiary/aromatic N) is 2. The number of carbonyl (C=O) groups excluding carboxylic acids is 1. The molecule has 2 aromatic rings. The zero-order valence-corrected chi connectivity index (χ0v) is 12.3. The Morgan fingerprint density at radius 1 is 1.43 bits per heavy atom. The van der Waals surface area contributed by atoms with Crippen molar-refractivity contribution in [1.29, 1.82) is 0 Å². The molecule has 0 spiro atoms. The topological polar surface area (TPSA) is 70.1 Å². The maximum absolute atomic E-state index is 12.4. The molecule has 0 saturated heterocycles. The Morgan fingerprint density at radius 2 is 2.19 bits per heavy atom. The summed E-state index contributed by atoms with van der Waals surface area (Å²) in [7, 11) is 1.70. The highest BCUT2D eigenvalue weighted by atomic mass is 16.5. The molecule has 21 heavy (non-hydrogen) atoms. The average Bonchev–Trinajstić information content (AvgIpc) is 2.72. The number of nitrogen functional groups attached to an aromatic ring is 1. The number of aryl methyl sites for hydroxylation is 3. The van der Waals surface area contributed by atoms with E-state index in [9.17, 15) is 4.79 Å². The van der Waals surface area contributed by atoms with Crippen molar-refractivity contribution in [2.24, 2.45) is 7.05 Å². The molecular formula is C16H19N3O2. The van der Waals surface area contributed by atoms with Crippen molar-refractivity contribution in [3.8, 4) is 0 Å². The lowest BCUT2D eigenvalue weighted by Crippen LogP contribution is -2.19. The van der Waals surface area contributed by atoms with Gasteiger partial charge in [0.1, 0.15) is 6.10 Å². The number of hydrogen-bond acceptors (Lipinski definition) is 4. The lowest BCUT2D eigenvalue weighted by atomic mass is 9.89. The summed E-state index contributed by atoms with van der Waals surface area (Å²) in [5, 5.41) is 4.16. The fraction of sp³-hybridized carbons (Fsp3) is 0.375. The highest BCUT2D eigenvalue weighted by Gasteiger charge is 2.27. The van der Waals surface area contributed by atoms with Gasteiger partial charge < -0.3 is 10.5 Å². The highest BCUT2D eigenvalue weighted by Crippen LogP contribution is 2.33. The number of aromatic nitrogens is 2. The summed E-state index contributed by atoms with van der Waals surface area (Å²) >= 11 is 0. The summed E-state index contributed by atoms with van der Waals surface area (Å²) in [6, 6.07) is 8.13. The van der Waals surface area contributed by atoms with Crippen LogP contribution in [0.25, 0.3) is 0 Å². The van der Waals surface area contributed by atoms with E-state index in [4.69, 9.17) is 10.5 Å². The van der Waals surface area contributed by atoms with Gasteiger partial charge in [-0.1, -0.05) is 24.3 Å². The lowest BCUT2D eigenvalue weighted by Gasteiger charge is -2.25. The monoisotopic (exact) mass is 285 g/mol. The molecule has 1 unspecified atom stereocenters. The number of hydrogen-bond donors (Lipinski definition) is 1. The molecule has 1 aromatic heterocycles. The number of anilines is 1. The highest BCUT2D eigenvalue weighted by molar-refractivity contribution is 5.94. The largest absolute Gasteiger partial charge is 0.453 e. The Balaban J connectivity index is 1.86. The van der Waals surface area contributed by atoms with E-state index in [-0.39, 0.29) is 6.10 Å². The van der Waals surface area contributed by atoms with Gasteiger partial charge >= 0.3 is 5.97 Å². The van der Waals surface area contributed by atoms with Crippen LogP contribution in [0, 0.1) is 6.92 Å². The van der Waals surface area contributed by atoms with Crippen LogP contribution >= 0.6 is 0 Å². The zero-order valence-electron chi connectivity index (χ0n) is 12.3. The Morgan fingerprint density at radius 3 is 2.90 bits per heavy atom. The zero-order chi connectivity index (χ0) is 15.0. The Bertz CT molecular complexity index is 691. The van der Waals surface area contributed by atoms with Crippen LogP contribution in [0.1, 0.15) is 46.3 Å². The van der Waals surface area contributed by atoms with Gasteiger partial charge in [-0.25, -0.2) is 4.79 Å². The SMILES string of the molecule is Cc1nn(C)c(C(=O)OC2CCCc3ccccc32)c1N. The van der Waals surface area contributed by atoms with E-state index < -0.39 is 5.97 Å².